The summed E-state index contributed by atoms with van der Waals surface area (Å²) in [5, 5.41) is 10.8. The van der Waals surface area contributed by atoms with Crippen LogP contribution in [-0.4, -0.2) is 22.7 Å². The summed E-state index contributed by atoms with van der Waals surface area (Å²) in [5.41, 5.74) is 0.615. The third kappa shape index (κ3) is 3.06. The van der Waals surface area contributed by atoms with Crippen molar-refractivity contribution in [3.8, 4) is 0 Å². The Hall–Kier alpha value is -1.36. The van der Waals surface area contributed by atoms with Gasteiger partial charge in [-0.2, -0.15) is 0 Å². The minimum absolute atomic E-state index is 0.0115. The number of hydrogen-bond donors (Lipinski definition) is 3. The molecule has 6 heteroatoms. The van der Waals surface area contributed by atoms with Gasteiger partial charge < -0.3 is 10.7 Å². The lowest BCUT2D eigenvalue weighted by atomic mass is 9.97. The van der Waals surface area contributed by atoms with E-state index in [0.717, 1.165) is 12.8 Å². The average molecular weight is 257 g/mol. The van der Waals surface area contributed by atoms with Gasteiger partial charge in [0.05, 0.1) is 5.71 Å². The van der Waals surface area contributed by atoms with Crippen LogP contribution in [0.4, 0.5) is 5.69 Å². The van der Waals surface area contributed by atoms with Gasteiger partial charge in [0.25, 0.3) is 5.56 Å². The Labute approximate surface area is 105 Å². The van der Waals surface area contributed by atoms with Gasteiger partial charge in [0.15, 0.2) is 0 Å². The summed E-state index contributed by atoms with van der Waals surface area (Å²) in [7, 11) is 1.63. The van der Waals surface area contributed by atoms with Crippen LogP contribution in [0.5, 0.6) is 0 Å². The van der Waals surface area contributed by atoms with Crippen LogP contribution in [0.25, 0.3) is 0 Å². The van der Waals surface area contributed by atoms with Gasteiger partial charge in [-0.3, -0.25) is 9.78 Å². The monoisotopic (exact) mass is 256 g/mol. The zero-order valence-corrected chi connectivity index (χ0v) is 11.0. The summed E-state index contributed by atoms with van der Waals surface area (Å²) in [4.78, 5) is 18.1. The lowest BCUT2D eigenvalue weighted by molar-refractivity contribution is 0.662. The summed E-state index contributed by atoms with van der Waals surface area (Å²) in [6, 6.07) is 0. The van der Waals surface area contributed by atoms with E-state index >= 15 is 0 Å². The van der Waals surface area contributed by atoms with E-state index in [-0.39, 0.29) is 16.8 Å². The number of nitrogens with one attached hydrogen (secondary N) is 3. The molecule has 0 saturated heterocycles. The van der Waals surface area contributed by atoms with Gasteiger partial charge in [0, 0.05) is 7.05 Å². The van der Waals surface area contributed by atoms with Crippen LogP contribution in [-0.2, 0) is 0 Å². The van der Waals surface area contributed by atoms with Crippen LogP contribution < -0.4 is 10.9 Å². The molecule has 0 aliphatic heterocycles. The van der Waals surface area contributed by atoms with Crippen molar-refractivity contribution < 1.29 is 0 Å². The topological polar surface area (TPSA) is 81.6 Å². The van der Waals surface area contributed by atoms with E-state index in [4.69, 9.17) is 17.0 Å². The van der Waals surface area contributed by atoms with E-state index < -0.39 is 0 Å². The highest BCUT2D eigenvalue weighted by Crippen LogP contribution is 2.17. The molecule has 3 N–H and O–H groups in total. The van der Waals surface area contributed by atoms with Gasteiger partial charge in [-0.15, -0.1) is 0 Å². The van der Waals surface area contributed by atoms with Gasteiger partial charge in [0.1, 0.15) is 11.4 Å². The Balaban J connectivity index is 3.20. The number of rotatable bonds is 5. The number of hydrogen-bond acceptors (Lipinski definition) is 4. The molecule has 1 aromatic heterocycles. The first-order valence-corrected chi connectivity index (χ1v) is 5.95. The van der Waals surface area contributed by atoms with Gasteiger partial charge in [-0.1, -0.05) is 20.3 Å². The molecule has 1 unspecified atom stereocenters. The van der Waals surface area contributed by atoms with E-state index in [1.807, 2.05) is 6.92 Å². The van der Waals surface area contributed by atoms with Crippen molar-refractivity contribution in [1.29, 1.82) is 5.41 Å². The van der Waals surface area contributed by atoms with Crippen LogP contribution in [0.2, 0.25) is 5.28 Å². The first-order chi connectivity index (χ1) is 8.01. The van der Waals surface area contributed by atoms with Crippen LogP contribution in [0.1, 0.15) is 32.4 Å². The second kappa shape index (κ2) is 5.82. The fraction of sp³-hybridized carbons (Fsp3) is 0.545. The number of aromatic nitrogens is 2. The number of aromatic amines is 1. The van der Waals surface area contributed by atoms with Crippen molar-refractivity contribution in [2.75, 3.05) is 12.4 Å². The minimum Gasteiger partial charge on any atom is -0.382 e. The summed E-state index contributed by atoms with van der Waals surface area (Å²) in [6.45, 7) is 4.00. The maximum Gasteiger partial charge on any atom is 0.275 e. The van der Waals surface area contributed by atoms with Gasteiger partial charge >= 0.3 is 0 Å². The highest BCUT2D eigenvalue weighted by Gasteiger charge is 2.18. The first kappa shape index (κ1) is 13.7. The number of anilines is 1. The Bertz CT molecular complexity index is 469. The molecule has 0 spiro atoms. The number of nitrogens with zero attached hydrogens (tertiary/aromatic N) is 1. The summed E-state index contributed by atoms with van der Waals surface area (Å²) < 4.78 is 0. The molecule has 0 aliphatic carbocycles. The highest BCUT2D eigenvalue weighted by molar-refractivity contribution is 6.28. The molecule has 1 heterocycles. The normalized spacial score (nSPS) is 12.2. The molecule has 0 bridgehead atoms. The standard InChI is InChI=1S/C11H17ClN4O/c1-4-5-6(2)7(13)8-9(14-3)10(17)16-11(12)15-8/h6,13-14H,4-5H2,1-3H3,(H,15,16,17). The van der Waals surface area contributed by atoms with Gasteiger partial charge in [-0.25, -0.2) is 4.98 Å². The zero-order valence-electron chi connectivity index (χ0n) is 10.2. The number of halogens is 1. The second-order valence-corrected chi connectivity index (χ2v) is 4.29. The molecule has 0 aliphatic rings. The van der Waals surface area contributed by atoms with Crippen molar-refractivity contribution in [2.45, 2.75) is 26.7 Å². The lowest BCUT2D eigenvalue weighted by Gasteiger charge is -2.14. The molecule has 0 radical (unpaired) electrons. The molecule has 1 atom stereocenters. The Morgan fingerprint density at radius 2 is 2.29 bits per heavy atom. The van der Waals surface area contributed by atoms with Crippen LogP contribution in [0.15, 0.2) is 4.79 Å². The van der Waals surface area contributed by atoms with Crippen molar-refractivity contribution in [2.24, 2.45) is 5.92 Å². The first-order valence-electron chi connectivity index (χ1n) is 5.57. The van der Waals surface area contributed by atoms with Crippen LogP contribution in [0, 0.1) is 11.3 Å². The Kier molecular flexibility index (Phi) is 4.69. The molecule has 0 amide bonds. The highest BCUT2D eigenvalue weighted by atomic mass is 35.5. The van der Waals surface area contributed by atoms with Crippen LogP contribution >= 0.6 is 11.6 Å². The largest absolute Gasteiger partial charge is 0.382 e. The van der Waals surface area contributed by atoms with Crippen molar-refractivity contribution in [1.82, 2.24) is 9.97 Å². The summed E-state index contributed by atoms with van der Waals surface area (Å²) >= 11 is 5.71. The van der Waals surface area contributed by atoms with Crippen molar-refractivity contribution in [3.05, 3.63) is 21.3 Å². The molecule has 0 fully saturated rings. The Morgan fingerprint density at radius 1 is 1.65 bits per heavy atom. The lowest BCUT2D eigenvalue weighted by Crippen LogP contribution is -2.22. The second-order valence-electron chi connectivity index (χ2n) is 3.93. The SMILES string of the molecule is CCCC(C)C(=N)c1nc(Cl)[nH]c(=O)c1NC. The minimum atomic E-state index is -0.351. The predicted molar refractivity (Wildman–Crippen MR) is 70.3 cm³/mol. The zero-order chi connectivity index (χ0) is 13.0. The smallest absolute Gasteiger partial charge is 0.275 e. The predicted octanol–water partition coefficient (Wildman–Crippen LogP) is 2.27. The third-order valence-electron chi connectivity index (χ3n) is 2.61. The fourth-order valence-electron chi connectivity index (χ4n) is 1.68. The van der Waals surface area contributed by atoms with Gasteiger partial charge in [0.2, 0.25) is 5.28 Å². The molecule has 0 aromatic carbocycles. The Morgan fingerprint density at radius 3 is 2.82 bits per heavy atom. The van der Waals surface area contributed by atoms with E-state index in [0.29, 0.717) is 17.1 Å². The molecule has 94 valence electrons. The quantitative estimate of drug-likeness (QED) is 0.558. The molecule has 5 nitrogen and oxygen atoms in total. The van der Waals surface area contributed by atoms with Gasteiger partial charge in [-0.05, 0) is 23.9 Å². The summed E-state index contributed by atoms with van der Waals surface area (Å²) in [5.74, 6) is 0.0532. The average Bonchev–Trinajstić information content (AvgIpc) is 2.27. The van der Waals surface area contributed by atoms with Crippen molar-refractivity contribution >= 4 is 23.0 Å². The molecule has 0 saturated carbocycles. The van der Waals surface area contributed by atoms with E-state index in [9.17, 15) is 4.79 Å². The van der Waals surface area contributed by atoms with E-state index in [2.05, 4.69) is 22.2 Å². The molecular weight excluding hydrogens is 240 g/mol. The number of H-pyrrole nitrogens is 1. The van der Waals surface area contributed by atoms with E-state index in [1.54, 1.807) is 7.05 Å². The molecular formula is C11H17ClN4O. The van der Waals surface area contributed by atoms with E-state index in [1.165, 1.54) is 0 Å². The summed E-state index contributed by atoms with van der Waals surface area (Å²) in [6.07, 6.45) is 1.86. The maximum absolute atomic E-state index is 11.6. The van der Waals surface area contributed by atoms with Crippen molar-refractivity contribution in [3.63, 3.8) is 0 Å². The maximum atomic E-state index is 11.6. The molecule has 1 aromatic rings. The molecule has 1 rings (SSSR count). The van der Waals surface area contributed by atoms with Crippen LogP contribution in [0.3, 0.4) is 0 Å². The fourth-order valence-corrected chi connectivity index (χ4v) is 1.85. The third-order valence-corrected chi connectivity index (χ3v) is 2.79. The molecule has 17 heavy (non-hydrogen) atoms.